The van der Waals surface area contributed by atoms with Crippen LogP contribution in [0, 0.1) is 5.41 Å². The molecule has 3 aromatic rings. The third-order valence-electron chi connectivity index (χ3n) is 6.53. The predicted molar refractivity (Wildman–Crippen MR) is 128 cm³/mol. The standard InChI is InChI=1S/C25H26ClN5O3/c1-25(10-11-25)13-19(21-8-7-18(15-2-3-15)24(34)27-21)17-5-4-16(20(26)12-17)6-9-22-28-30-31(29-22)14-23(32)33/h4-5,7-8,12-13,15H,2-3,6,9-11,14H2,1H3,(H,27,34)(H,32,33)/b19-13+. The third-order valence-corrected chi connectivity index (χ3v) is 6.88. The largest absolute Gasteiger partial charge is 0.480 e. The van der Waals surface area contributed by atoms with Gasteiger partial charge >= 0.3 is 5.97 Å². The van der Waals surface area contributed by atoms with Gasteiger partial charge in [-0.25, -0.2) is 0 Å². The normalized spacial score (nSPS) is 17.1. The minimum atomic E-state index is -1.02. The monoisotopic (exact) mass is 479 g/mol. The number of H-pyrrole nitrogens is 1. The average molecular weight is 480 g/mol. The molecule has 0 unspecified atom stereocenters. The van der Waals surface area contributed by atoms with E-state index in [4.69, 9.17) is 16.7 Å². The Kier molecular flexibility index (Phi) is 5.85. The van der Waals surface area contributed by atoms with Gasteiger partial charge in [0.2, 0.25) is 0 Å². The van der Waals surface area contributed by atoms with Crippen molar-refractivity contribution < 1.29 is 9.90 Å². The summed E-state index contributed by atoms with van der Waals surface area (Å²) in [6, 6.07) is 9.94. The minimum Gasteiger partial charge on any atom is -0.480 e. The van der Waals surface area contributed by atoms with Crippen LogP contribution in [0.4, 0.5) is 0 Å². The number of tetrazole rings is 1. The van der Waals surface area contributed by atoms with Crippen molar-refractivity contribution in [2.75, 3.05) is 0 Å². The molecule has 2 N–H and O–H groups in total. The van der Waals surface area contributed by atoms with Gasteiger partial charge in [-0.15, -0.1) is 10.2 Å². The van der Waals surface area contributed by atoms with Crippen molar-refractivity contribution in [2.45, 2.75) is 57.9 Å². The highest BCUT2D eigenvalue weighted by Crippen LogP contribution is 2.49. The second-order valence-corrected chi connectivity index (χ2v) is 9.99. The van der Waals surface area contributed by atoms with Gasteiger partial charge in [0.05, 0.1) is 0 Å². The first-order valence-electron chi connectivity index (χ1n) is 11.5. The third kappa shape index (κ3) is 5.12. The molecule has 1 aromatic carbocycles. The van der Waals surface area contributed by atoms with Gasteiger partial charge in [0.15, 0.2) is 12.4 Å². The number of hydrogen-bond acceptors (Lipinski definition) is 5. The molecule has 2 fully saturated rings. The van der Waals surface area contributed by atoms with E-state index < -0.39 is 5.97 Å². The van der Waals surface area contributed by atoms with E-state index in [0.29, 0.717) is 29.6 Å². The Morgan fingerprint density at radius 3 is 2.71 bits per heavy atom. The van der Waals surface area contributed by atoms with Gasteiger partial charge < -0.3 is 10.1 Å². The van der Waals surface area contributed by atoms with Crippen molar-refractivity contribution in [3.8, 4) is 0 Å². The molecule has 2 aliphatic carbocycles. The molecule has 9 heteroatoms. The topological polar surface area (TPSA) is 114 Å². The van der Waals surface area contributed by atoms with Crippen molar-refractivity contribution in [3.63, 3.8) is 0 Å². The number of carboxylic acids is 1. The predicted octanol–water partition coefficient (Wildman–Crippen LogP) is 3.99. The van der Waals surface area contributed by atoms with Gasteiger partial charge in [-0.1, -0.05) is 42.8 Å². The van der Waals surface area contributed by atoms with E-state index in [9.17, 15) is 9.59 Å². The number of pyridine rings is 1. The summed E-state index contributed by atoms with van der Waals surface area (Å²) < 4.78 is 0. The lowest BCUT2D eigenvalue weighted by Crippen LogP contribution is -2.13. The summed E-state index contributed by atoms with van der Waals surface area (Å²) in [7, 11) is 0. The molecule has 2 aromatic heterocycles. The smallest absolute Gasteiger partial charge is 0.327 e. The molecule has 0 atom stereocenters. The number of benzene rings is 1. The first-order chi connectivity index (χ1) is 16.3. The van der Waals surface area contributed by atoms with Crippen molar-refractivity contribution in [1.82, 2.24) is 25.2 Å². The van der Waals surface area contributed by atoms with Crippen LogP contribution >= 0.6 is 11.6 Å². The summed E-state index contributed by atoms with van der Waals surface area (Å²) in [5.41, 5.74) is 4.72. The van der Waals surface area contributed by atoms with Gasteiger partial charge in [-0.05, 0) is 71.9 Å². The van der Waals surface area contributed by atoms with Crippen LogP contribution in [0.5, 0.6) is 0 Å². The molecule has 2 aliphatic rings. The Balaban J connectivity index is 1.37. The maximum absolute atomic E-state index is 12.7. The van der Waals surface area contributed by atoms with Gasteiger partial charge in [0, 0.05) is 28.3 Å². The number of nitrogens with zero attached hydrogens (tertiary/aromatic N) is 4. The quantitative estimate of drug-likeness (QED) is 0.479. The van der Waals surface area contributed by atoms with Crippen LogP contribution in [0.15, 0.2) is 41.2 Å². The number of allylic oxidation sites excluding steroid dienone is 1. The Labute approximate surface area is 201 Å². The molecule has 5 rings (SSSR count). The summed E-state index contributed by atoms with van der Waals surface area (Å²) in [5, 5.41) is 21.2. The van der Waals surface area contributed by atoms with Crippen LogP contribution < -0.4 is 5.56 Å². The van der Waals surface area contributed by atoms with Crippen LogP contribution in [-0.2, 0) is 24.2 Å². The summed E-state index contributed by atoms with van der Waals surface area (Å²) in [6.45, 7) is 1.91. The Morgan fingerprint density at radius 2 is 2.06 bits per heavy atom. The summed E-state index contributed by atoms with van der Waals surface area (Å²) in [6.07, 6.45) is 7.78. The highest BCUT2D eigenvalue weighted by molar-refractivity contribution is 6.31. The van der Waals surface area contributed by atoms with Crippen LogP contribution in [0.1, 0.15) is 66.7 Å². The number of halogens is 1. The SMILES string of the molecule is CC1(/C=C(\c2ccc(CCc3nnn(CC(=O)O)n3)c(Cl)c2)c2ccc(C3CC3)c(=O)[nH]2)CC1. The van der Waals surface area contributed by atoms with E-state index in [2.05, 4.69) is 33.4 Å². The van der Waals surface area contributed by atoms with E-state index in [1.807, 2.05) is 30.3 Å². The fourth-order valence-corrected chi connectivity index (χ4v) is 4.37. The highest BCUT2D eigenvalue weighted by Gasteiger charge is 2.36. The summed E-state index contributed by atoms with van der Waals surface area (Å²) >= 11 is 6.66. The second-order valence-electron chi connectivity index (χ2n) is 9.58. The molecule has 0 spiro atoms. The van der Waals surface area contributed by atoms with E-state index in [1.54, 1.807) is 0 Å². The first-order valence-corrected chi connectivity index (χ1v) is 11.9. The number of nitrogens with one attached hydrogen (secondary N) is 1. The first kappa shape index (κ1) is 22.5. The molecular formula is C25H26ClN5O3. The van der Waals surface area contributed by atoms with Crippen molar-refractivity contribution in [2.24, 2.45) is 5.41 Å². The second kappa shape index (κ2) is 8.83. The molecule has 0 aliphatic heterocycles. The molecule has 8 nitrogen and oxygen atoms in total. The summed E-state index contributed by atoms with van der Waals surface area (Å²) in [4.78, 5) is 27.6. The fraction of sp³-hybridized carbons (Fsp3) is 0.400. The van der Waals surface area contributed by atoms with Crippen LogP contribution in [0.3, 0.4) is 0 Å². The summed E-state index contributed by atoms with van der Waals surface area (Å²) in [5.74, 6) is -0.146. The molecule has 0 radical (unpaired) electrons. The molecule has 0 bridgehead atoms. The number of rotatable bonds is 9. The number of carboxylic acid groups (broad SMARTS) is 1. The zero-order chi connectivity index (χ0) is 23.9. The number of hydrogen-bond donors (Lipinski definition) is 2. The van der Waals surface area contributed by atoms with E-state index in [1.165, 1.54) is 0 Å². The van der Waals surface area contributed by atoms with E-state index >= 15 is 0 Å². The van der Waals surface area contributed by atoms with Crippen LogP contribution in [0.25, 0.3) is 5.57 Å². The van der Waals surface area contributed by atoms with Gasteiger partial charge in [-0.2, -0.15) is 4.80 Å². The average Bonchev–Trinajstić information content (AvgIpc) is 3.71. The van der Waals surface area contributed by atoms with Gasteiger partial charge in [0.1, 0.15) is 0 Å². The van der Waals surface area contributed by atoms with Gasteiger partial charge in [-0.3, -0.25) is 9.59 Å². The van der Waals surface area contributed by atoms with Crippen LogP contribution in [-0.4, -0.2) is 36.3 Å². The molecule has 2 saturated carbocycles. The lowest BCUT2D eigenvalue weighted by molar-refractivity contribution is -0.138. The highest BCUT2D eigenvalue weighted by atomic mass is 35.5. The van der Waals surface area contributed by atoms with E-state index in [-0.39, 0.29) is 17.5 Å². The maximum Gasteiger partial charge on any atom is 0.327 e. The van der Waals surface area contributed by atoms with Crippen LogP contribution in [0.2, 0.25) is 5.02 Å². The number of aliphatic carboxylic acids is 1. The number of carbonyl (C=O) groups is 1. The molecule has 0 saturated heterocycles. The van der Waals surface area contributed by atoms with Gasteiger partial charge in [0.25, 0.3) is 5.56 Å². The number of aryl methyl sites for hydroxylation is 2. The van der Waals surface area contributed by atoms with E-state index in [0.717, 1.165) is 58.4 Å². The van der Waals surface area contributed by atoms with Crippen molar-refractivity contribution in [1.29, 1.82) is 0 Å². The zero-order valence-electron chi connectivity index (χ0n) is 18.9. The lowest BCUT2D eigenvalue weighted by Gasteiger charge is -2.14. The molecular weight excluding hydrogens is 454 g/mol. The zero-order valence-corrected chi connectivity index (χ0v) is 19.7. The Bertz CT molecular complexity index is 1330. The number of aromatic nitrogens is 5. The molecule has 2 heterocycles. The molecule has 176 valence electrons. The molecule has 0 amide bonds. The molecule has 34 heavy (non-hydrogen) atoms. The lowest BCUT2D eigenvalue weighted by atomic mass is 9.94. The number of aromatic amines is 1. The Morgan fingerprint density at radius 1 is 1.26 bits per heavy atom. The minimum absolute atomic E-state index is 0.00184. The van der Waals surface area contributed by atoms with Crippen molar-refractivity contribution >= 4 is 23.1 Å². The maximum atomic E-state index is 12.7. The Hall–Kier alpha value is -3.26. The van der Waals surface area contributed by atoms with Crippen molar-refractivity contribution in [3.05, 3.63) is 80.0 Å². The fourth-order valence-electron chi connectivity index (χ4n) is 4.09.